The molecule has 0 N–H and O–H groups in total. The highest BCUT2D eigenvalue weighted by Gasteiger charge is 2.38. The number of anilines is 1. The molecule has 0 atom stereocenters. The van der Waals surface area contributed by atoms with Gasteiger partial charge in [0.25, 0.3) is 5.56 Å². The van der Waals surface area contributed by atoms with Gasteiger partial charge in [-0.05, 0) is 43.2 Å². The van der Waals surface area contributed by atoms with Gasteiger partial charge in [-0.3, -0.25) is 9.36 Å². The zero-order valence-electron chi connectivity index (χ0n) is 15.7. The number of hydrogen-bond acceptors (Lipinski definition) is 5. The van der Waals surface area contributed by atoms with Crippen molar-refractivity contribution in [2.75, 3.05) is 31.2 Å². The molecule has 5 nitrogen and oxygen atoms in total. The summed E-state index contributed by atoms with van der Waals surface area (Å²) in [5, 5.41) is 0.689. The molecule has 144 valence electrons. The van der Waals surface area contributed by atoms with Gasteiger partial charge >= 0.3 is 0 Å². The largest absolute Gasteiger partial charge is 0.381 e. The lowest BCUT2D eigenvalue weighted by Crippen LogP contribution is -2.43. The maximum atomic E-state index is 12.9. The summed E-state index contributed by atoms with van der Waals surface area (Å²) in [5.41, 5.74) is 1.31. The van der Waals surface area contributed by atoms with E-state index in [1.165, 1.54) is 11.8 Å². The maximum Gasteiger partial charge on any atom is 0.268 e. The Morgan fingerprint density at radius 3 is 2.70 bits per heavy atom. The van der Waals surface area contributed by atoms with Crippen LogP contribution in [-0.2, 0) is 11.8 Å². The Labute approximate surface area is 168 Å². The molecule has 4 rings (SSSR count). The number of hydrogen-bond donors (Lipinski definition) is 0. The first-order chi connectivity index (χ1) is 13.0. The molecule has 1 aromatic carbocycles. The molecular weight excluding hydrogens is 382 g/mol. The molecule has 1 aromatic heterocycles. The number of aromatic nitrogens is 2. The number of piperidine rings is 1. The minimum Gasteiger partial charge on any atom is -0.381 e. The first-order valence-corrected chi connectivity index (χ1v) is 10.5. The number of benzene rings is 1. The topological polar surface area (TPSA) is 47.4 Å². The predicted molar refractivity (Wildman–Crippen MR) is 109 cm³/mol. The van der Waals surface area contributed by atoms with Crippen molar-refractivity contribution in [1.29, 1.82) is 0 Å². The fraction of sp³-hybridized carbons (Fsp3) is 0.500. The molecule has 2 saturated heterocycles. The Kier molecular flexibility index (Phi) is 5.23. The van der Waals surface area contributed by atoms with E-state index in [-0.39, 0.29) is 5.56 Å². The van der Waals surface area contributed by atoms with Crippen LogP contribution in [0.1, 0.15) is 24.8 Å². The summed E-state index contributed by atoms with van der Waals surface area (Å²) in [6.45, 7) is 5.55. The molecule has 2 aliphatic heterocycles. The van der Waals surface area contributed by atoms with E-state index in [9.17, 15) is 4.79 Å². The van der Waals surface area contributed by atoms with Crippen molar-refractivity contribution in [2.45, 2.75) is 36.0 Å². The van der Waals surface area contributed by atoms with Crippen molar-refractivity contribution < 1.29 is 4.74 Å². The fourth-order valence-corrected chi connectivity index (χ4v) is 5.13. The zero-order valence-corrected chi connectivity index (χ0v) is 17.3. The van der Waals surface area contributed by atoms with Gasteiger partial charge in [-0.1, -0.05) is 35.5 Å². The van der Waals surface area contributed by atoms with Gasteiger partial charge in [0.05, 0.1) is 22.7 Å². The third kappa shape index (κ3) is 3.62. The molecule has 0 bridgehead atoms. The van der Waals surface area contributed by atoms with Crippen LogP contribution in [0.25, 0.3) is 0 Å². The van der Waals surface area contributed by atoms with Crippen molar-refractivity contribution in [3.8, 4) is 0 Å². The van der Waals surface area contributed by atoms with E-state index >= 15 is 0 Å². The second-order valence-corrected chi connectivity index (χ2v) is 9.03. The lowest BCUT2D eigenvalue weighted by molar-refractivity contribution is 0.133. The quantitative estimate of drug-likeness (QED) is 0.775. The molecule has 2 aliphatic rings. The molecule has 7 heteroatoms. The van der Waals surface area contributed by atoms with E-state index in [0.29, 0.717) is 15.3 Å². The van der Waals surface area contributed by atoms with E-state index in [1.807, 2.05) is 25.1 Å². The maximum absolute atomic E-state index is 12.9. The van der Waals surface area contributed by atoms with E-state index in [0.717, 1.165) is 62.0 Å². The van der Waals surface area contributed by atoms with Gasteiger partial charge < -0.3 is 9.64 Å². The molecule has 1 spiro atoms. The third-order valence-electron chi connectivity index (χ3n) is 5.78. The van der Waals surface area contributed by atoms with E-state index in [4.69, 9.17) is 16.3 Å². The number of rotatable bonds is 3. The van der Waals surface area contributed by atoms with E-state index < -0.39 is 0 Å². The van der Waals surface area contributed by atoms with Crippen LogP contribution >= 0.6 is 23.4 Å². The van der Waals surface area contributed by atoms with Crippen LogP contribution in [0.3, 0.4) is 0 Å². The highest BCUT2D eigenvalue weighted by atomic mass is 35.5. The zero-order chi connectivity index (χ0) is 19.0. The van der Waals surface area contributed by atoms with Crippen molar-refractivity contribution in [2.24, 2.45) is 12.5 Å². The average molecular weight is 406 g/mol. The second kappa shape index (κ2) is 7.49. The van der Waals surface area contributed by atoms with Crippen LogP contribution in [0.2, 0.25) is 5.02 Å². The van der Waals surface area contributed by atoms with Crippen LogP contribution in [0.15, 0.2) is 39.0 Å². The predicted octanol–water partition coefficient (Wildman–Crippen LogP) is 3.90. The molecule has 0 saturated carbocycles. The van der Waals surface area contributed by atoms with Gasteiger partial charge in [0, 0.05) is 31.6 Å². The SMILES string of the molecule is Cc1cccc(Sc2cnc(N3CCC4(CCOC4)CC3)n(C)c2=O)c1Cl. The molecule has 0 amide bonds. The molecule has 2 fully saturated rings. The van der Waals surface area contributed by atoms with Crippen LogP contribution in [0.5, 0.6) is 0 Å². The van der Waals surface area contributed by atoms with Gasteiger partial charge in [-0.25, -0.2) is 4.98 Å². The second-order valence-electron chi connectivity index (χ2n) is 7.57. The summed E-state index contributed by atoms with van der Waals surface area (Å²) >= 11 is 7.76. The van der Waals surface area contributed by atoms with Crippen molar-refractivity contribution in [1.82, 2.24) is 9.55 Å². The standard InChI is InChI=1S/C20H24ClN3O2S/c1-14-4-3-5-15(17(14)21)27-16-12-22-19(23(2)18(16)25)24-9-6-20(7-10-24)8-11-26-13-20/h3-5,12H,6-11,13H2,1-2H3. The van der Waals surface area contributed by atoms with Crippen LogP contribution < -0.4 is 10.5 Å². The average Bonchev–Trinajstić information content (AvgIpc) is 3.12. The summed E-state index contributed by atoms with van der Waals surface area (Å²) in [6.07, 6.45) is 5.03. The van der Waals surface area contributed by atoms with Crippen molar-refractivity contribution in [3.05, 3.63) is 45.3 Å². The number of ether oxygens (including phenoxy) is 1. The van der Waals surface area contributed by atoms with Crippen LogP contribution in [0.4, 0.5) is 5.95 Å². The van der Waals surface area contributed by atoms with Crippen molar-refractivity contribution >= 4 is 29.3 Å². The summed E-state index contributed by atoms with van der Waals surface area (Å²) in [4.78, 5) is 21.2. The van der Waals surface area contributed by atoms with E-state index in [1.54, 1.807) is 17.8 Å². The molecule has 0 unspecified atom stereocenters. The lowest BCUT2D eigenvalue weighted by Gasteiger charge is -2.39. The molecule has 0 radical (unpaired) electrons. The lowest BCUT2D eigenvalue weighted by atomic mass is 9.78. The molecule has 27 heavy (non-hydrogen) atoms. The molecule has 3 heterocycles. The summed E-state index contributed by atoms with van der Waals surface area (Å²) in [6, 6.07) is 5.84. The fourth-order valence-electron chi connectivity index (χ4n) is 3.92. The van der Waals surface area contributed by atoms with Gasteiger partial charge in [0.15, 0.2) is 0 Å². The normalized spacial score (nSPS) is 19.0. The summed E-state index contributed by atoms with van der Waals surface area (Å²) in [5.74, 6) is 0.744. The number of nitrogens with zero attached hydrogens (tertiary/aromatic N) is 3. The molecule has 2 aromatic rings. The first-order valence-electron chi connectivity index (χ1n) is 9.31. The molecular formula is C20H24ClN3O2S. The molecule has 0 aliphatic carbocycles. The minimum atomic E-state index is -0.0351. The Hall–Kier alpha value is -1.50. The highest BCUT2D eigenvalue weighted by Crippen LogP contribution is 2.40. The first kappa shape index (κ1) is 18.8. The van der Waals surface area contributed by atoms with E-state index in [2.05, 4.69) is 9.88 Å². The van der Waals surface area contributed by atoms with Gasteiger partial charge in [-0.15, -0.1) is 0 Å². The Balaban J connectivity index is 1.54. The van der Waals surface area contributed by atoms with Crippen molar-refractivity contribution in [3.63, 3.8) is 0 Å². The number of halogens is 1. The third-order valence-corrected chi connectivity index (χ3v) is 7.45. The Bertz CT molecular complexity index is 899. The van der Waals surface area contributed by atoms with Crippen LogP contribution in [0, 0.1) is 12.3 Å². The summed E-state index contributed by atoms with van der Waals surface area (Å²) in [7, 11) is 1.80. The van der Waals surface area contributed by atoms with Gasteiger partial charge in [0.2, 0.25) is 5.95 Å². The Morgan fingerprint density at radius 2 is 2.00 bits per heavy atom. The highest BCUT2D eigenvalue weighted by molar-refractivity contribution is 7.99. The van der Waals surface area contributed by atoms with Gasteiger partial charge in [0.1, 0.15) is 0 Å². The summed E-state index contributed by atoms with van der Waals surface area (Å²) < 4.78 is 7.27. The monoisotopic (exact) mass is 405 g/mol. The Morgan fingerprint density at radius 1 is 1.22 bits per heavy atom. The van der Waals surface area contributed by atoms with Gasteiger partial charge in [-0.2, -0.15) is 0 Å². The smallest absolute Gasteiger partial charge is 0.268 e. The number of aryl methyl sites for hydroxylation is 1. The minimum absolute atomic E-state index is 0.0351. The van der Waals surface area contributed by atoms with Crippen LogP contribution in [-0.4, -0.2) is 35.9 Å².